The number of carbonyl (C=O) groups excluding carboxylic acids is 1. The van der Waals surface area contributed by atoms with Gasteiger partial charge in [-0.15, -0.1) is 0 Å². The molecule has 0 heterocycles. The van der Waals surface area contributed by atoms with Gasteiger partial charge in [-0.1, -0.05) is 36.4 Å². The molecule has 2 aromatic rings. The van der Waals surface area contributed by atoms with E-state index in [1.807, 2.05) is 43.3 Å². The van der Waals surface area contributed by atoms with Crippen molar-refractivity contribution in [3.8, 4) is 16.9 Å². The van der Waals surface area contributed by atoms with E-state index in [0.29, 0.717) is 5.56 Å². The molecule has 86 valence electrons. The first kappa shape index (κ1) is 11.4. The second-order valence-electron chi connectivity index (χ2n) is 4.11. The smallest absolute Gasteiger partial charge is 0.163 e. The highest BCUT2D eigenvalue weighted by Gasteiger charge is 2.12. The van der Waals surface area contributed by atoms with Crippen molar-refractivity contribution >= 4 is 5.78 Å². The monoisotopic (exact) mass is 226 g/mol. The molecule has 2 aromatic carbocycles. The van der Waals surface area contributed by atoms with Crippen LogP contribution < -0.4 is 0 Å². The van der Waals surface area contributed by atoms with Crippen LogP contribution in [0.5, 0.6) is 5.75 Å². The maximum Gasteiger partial charge on any atom is 0.163 e. The SMILES string of the molecule is CC(=O)c1c(C)cc(-c2ccccc2)cc1O. The molecule has 0 spiro atoms. The average molecular weight is 226 g/mol. The highest BCUT2D eigenvalue weighted by atomic mass is 16.3. The first-order valence-corrected chi connectivity index (χ1v) is 5.49. The van der Waals surface area contributed by atoms with E-state index < -0.39 is 0 Å². The Labute approximate surface area is 101 Å². The van der Waals surface area contributed by atoms with Gasteiger partial charge < -0.3 is 5.11 Å². The number of ketones is 1. The van der Waals surface area contributed by atoms with Crippen LogP contribution in [0, 0.1) is 6.92 Å². The maximum absolute atomic E-state index is 11.4. The number of benzene rings is 2. The predicted molar refractivity (Wildman–Crippen MR) is 68.3 cm³/mol. The number of phenols is 1. The molecule has 0 atom stereocenters. The van der Waals surface area contributed by atoms with Gasteiger partial charge in [0.05, 0.1) is 5.56 Å². The van der Waals surface area contributed by atoms with Gasteiger partial charge >= 0.3 is 0 Å². The molecule has 2 rings (SSSR count). The average Bonchev–Trinajstić information content (AvgIpc) is 2.28. The molecular weight excluding hydrogens is 212 g/mol. The van der Waals surface area contributed by atoms with Crippen LogP contribution >= 0.6 is 0 Å². The zero-order chi connectivity index (χ0) is 12.4. The summed E-state index contributed by atoms with van der Waals surface area (Å²) in [5, 5.41) is 9.88. The minimum absolute atomic E-state index is 0.0522. The van der Waals surface area contributed by atoms with Gasteiger partial charge in [0.15, 0.2) is 5.78 Å². The quantitative estimate of drug-likeness (QED) is 0.795. The summed E-state index contributed by atoms with van der Waals surface area (Å²) in [6.45, 7) is 3.30. The number of rotatable bonds is 2. The van der Waals surface area contributed by atoms with Gasteiger partial charge in [0, 0.05) is 0 Å². The second kappa shape index (κ2) is 4.42. The van der Waals surface area contributed by atoms with E-state index in [9.17, 15) is 9.90 Å². The summed E-state index contributed by atoms with van der Waals surface area (Å²) >= 11 is 0. The lowest BCUT2D eigenvalue weighted by Crippen LogP contribution is -1.97. The van der Waals surface area contributed by atoms with E-state index in [1.54, 1.807) is 6.07 Å². The normalized spacial score (nSPS) is 10.2. The van der Waals surface area contributed by atoms with Gasteiger partial charge in [-0.25, -0.2) is 0 Å². The van der Waals surface area contributed by atoms with Crippen molar-refractivity contribution in [1.29, 1.82) is 0 Å². The zero-order valence-electron chi connectivity index (χ0n) is 9.90. The number of aryl methyl sites for hydroxylation is 1. The Kier molecular flexibility index (Phi) is 2.96. The van der Waals surface area contributed by atoms with Gasteiger partial charge in [-0.05, 0) is 36.6 Å². The maximum atomic E-state index is 11.4. The zero-order valence-corrected chi connectivity index (χ0v) is 9.90. The van der Waals surface area contributed by atoms with Crippen molar-refractivity contribution in [2.24, 2.45) is 0 Å². The highest BCUT2D eigenvalue weighted by Crippen LogP contribution is 2.29. The molecule has 17 heavy (non-hydrogen) atoms. The minimum atomic E-state index is -0.111. The molecule has 0 saturated heterocycles. The number of carbonyl (C=O) groups is 1. The molecule has 0 fully saturated rings. The molecule has 2 heteroatoms. The van der Waals surface area contributed by atoms with Crippen LogP contribution in [0.3, 0.4) is 0 Å². The van der Waals surface area contributed by atoms with E-state index in [2.05, 4.69) is 0 Å². The predicted octanol–water partition coefficient (Wildman–Crippen LogP) is 3.57. The fourth-order valence-corrected chi connectivity index (χ4v) is 2.02. The molecule has 0 radical (unpaired) electrons. The topological polar surface area (TPSA) is 37.3 Å². The Hall–Kier alpha value is -2.09. The van der Waals surface area contributed by atoms with Crippen molar-refractivity contribution in [1.82, 2.24) is 0 Å². The number of Topliss-reactive ketones (excluding diaryl/α,β-unsaturated/α-hetero) is 1. The van der Waals surface area contributed by atoms with Gasteiger partial charge in [0.2, 0.25) is 0 Å². The Bertz CT molecular complexity index is 533. The van der Waals surface area contributed by atoms with Crippen molar-refractivity contribution < 1.29 is 9.90 Å². The molecule has 0 aliphatic rings. The lowest BCUT2D eigenvalue weighted by Gasteiger charge is -2.09. The van der Waals surface area contributed by atoms with E-state index >= 15 is 0 Å². The lowest BCUT2D eigenvalue weighted by molar-refractivity contribution is 0.101. The third kappa shape index (κ3) is 2.21. The number of hydrogen-bond donors (Lipinski definition) is 1. The molecule has 0 aromatic heterocycles. The van der Waals surface area contributed by atoms with Crippen molar-refractivity contribution in [2.75, 3.05) is 0 Å². The van der Waals surface area contributed by atoms with Crippen LogP contribution in [-0.4, -0.2) is 10.9 Å². The first-order chi connectivity index (χ1) is 8.09. The first-order valence-electron chi connectivity index (χ1n) is 5.49. The van der Waals surface area contributed by atoms with Gasteiger partial charge in [-0.3, -0.25) is 4.79 Å². The Morgan fingerprint density at radius 1 is 1.06 bits per heavy atom. The number of aromatic hydroxyl groups is 1. The van der Waals surface area contributed by atoms with Crippen molar-refractivity contribution in [3.05, 3.63) is 53.6 Å². The number of phenolic OH excluding ortho intramolecular Hbond substituents is 1. The summed E-state index contributed by atoms with van der Waals surface area (Å²) < 4.78 is 0. The summed E-state index contributed by atoms with van der Waals surface area (Å²) in [7, 11) is 0. The molecule has 0 saturated carbocycles. The molecular formula is C15H14O2. The van der Waals surface area contributed by atoms with E-state index in [-0.39, 0.29) is 11.5 Å². The third-order valence-corrected chi connectivity index (χ3v) is 2.77. The van der Waals surface area contributed by atoms with E-state index in [4.69, 9.17) is 0 Å². The standard InChI is InChI=1S/C15H14O2/c1-10-8-13(12-6-4-3-5-7-12)9-14(17)15(10)11(2)16/h3-9,17H,1-2H3. The van der Waals surface area contributed by atoms with Crippen molar-refractivity contribution in [3.63, 3.8) is 0 Å². The third-order valence-electron chi connectivity index (χ3n) is 2.77. The Morgan fingerprint density at radius 3 is 2.24 bits per heavy atom. The van der Waals surface area contributed by atoms with E-state index in [1.165, 1.54) is 6.92 Å². The Balaban J connectivity index is 2.57. The van der Waals surface area contributed by atoms with E-state index in [0.717, 1.165) is 16.7 Å². The largest absolute Gasteiger partial charge is 0.507 e. The summed E-state index contributed by atoms with van der Waals surface area (Å²) in [6, 6.07) is 13.3. The Morgan fingerprint density at radius 2 is 1.71 bits per heavy atom. The number of hydrogen-bond acceptors (Lipinski definition) is 2. The van der Waals surface area contributed by atoms with Gasteiger partial charge in [-0.2, -0.15) is 0 Å². The molecule has 0 aliphatic carbocycles. The van der Waals surface area contributed by atoms with Crippen LogP contribution in [0.15, 0.2) is 42.5 Å². The molecule has 2 nitrogen and oxygen atoms in total. The molecule has 0 amide bonds. The summed E-state index contributed by atoms with van der Waals surface area (Å²) in [5.41, 5.74) is 3.16. The summed E-state index contributed by atoms with van der Waals surface area (Å²) in [6.07, 6.45) is 0. The fourth-order valence-electron chi connectivity index (χ4n) is 2.02. The van der Waals surface area contributed by atoms with Gasteiger partial charge in [0.25, 0.3) is 0 Å². The van der Waals surface area contributed by atoms with Crippen LogP contribution in [0.1, 0.15) is 22.8 Å². The van der Waals surface area contributed by atoms with Crippen LogP contribution in [-0.2, 0) is 0 Å². The summed E-state index contributed by atoms with van der Waals surface area (Å²) in [4.78, 5) is 11.4. The van der Waals surface area contributed by atoms with Crippen LogP contribution in [0.2, 0.25) is 0 Å². The minimum Gasteiger partial charge on any atom is -0.507 e. The molecule has 0 bridgehead atoms. The molecule has 0 aliphatic heterocycles. The molecule has 0 unspecified atom stereocenters. The van der Waals surface area contributed by atoms with Crippen LogP contribution in [0.25, 0.3) is 11.1 Å². The highest BCUT2D eigenvalue weighted by molar-refractivity contribution is 5.99. The fraction of sp³-hybridized carbons (Fsp3) is 0.133. The molecule has 1 N–H and O–H groups in total. The van der Waals surface area contributed by atoms with Crippen molar-refractivity contribution in [2.45, 2.75) is 13.8 Å². The lowest BCUT2D eigenvalue weighted by atomic mass is 9.97. The van der Waals surface area contributed by atoms with Gasteiger partial charge in [0.1, 0.15) is 5.75 Å². The second-order valence-corrected chi connectivity index (χ2v) is 4.11. The van der Waals surface area contributed by atoms with Crippen LogP contribution in [0.4, 0.5) is 0 Å². The summed E-state index contributed by atoms with van der Waals surface area (Å²) in [5.74, 6) is -0.0593.